The highest BCUT2D eigenvalue weighted by Gasteiger charge is 2.32. The van der Waals surface area contributed by atoms with Gasteiger partial charge in [0, 0.05) is 11.1 Å². The first kappa shape index (κ1) is 22.8. The normalized spacial score (nSPS) is 13.0. The fourth-order valence-corrected chi connectivity index (χ4v) is 4.46. The van der Waals surface area contributed by atoms with Crippen molar-refractivity contribution >= 4 is 28.1 Å². The molecular weight excluding hydrogens is 460 g/mol. The Hall–Kier alpha value is -3.93. The zero-order valence-electron chi connectivity index (χ0n) is 19.0. The standard InChI is InChI=1S/C29H23ClN2O3/c1-18(23-13-7-9-19-8-5-6-12-24(19)23)31-26(20-14-16-21(30)17-15-20)25-27(33)28(34)29(25)35-32-22-10-3-2-4-11-22/h2-18,26,31-32H,1H3/t18-,26?/m1/s1. The van der Waals surface area contributed by atoms with Gasteiger partial charge in [-0.2, -0.15) is 0 Å². The number of hydrogen-bond acceptors (Lipinski definition) is 5. The van der Waals surface area contributed by atoms with Gasteiger partial charge >= 0.3 is 0 Å². The number of fused-ring (bicyclic) bond motifs is 1. The summed E-state index contributed by atoms with van der Waals surface area (Å²) in [5.41, 5.74) is 4.41. The highest BCUT2D eigenvalue weighted by atomic mass is 35.5. The largest absolute Gasteiger partial charge is 0.377 e. The van der Waals surface area contributed by atoms with Gasteiger partial charge in [0.15, 0.2) is 0 Å². The van der Waals surface area contributed by atoms with Crippen molar-refractivity contribution in [1.29, 1.82) is 0 Å². The van der Waals surface area contributed by atoms with Crippen molar-refractivity contribution in [2.45, 2.75) is 19.0 Å². The van der Waals surface area contributed by atoms with E-state index in [0.29, 0.717) is 10.7 Å². The first-order valence-electron chi connectivity index (χ1n) is 11.3. The Bertz CT molecular complexity index is 1540. The van der Waals surface area contributed by atoms with Gasteiger partial charge in [-0.25, -0.2) is 5.48 Å². The summed E-state index contributed by atoms with van der Waals surface area (Å²) in [6.07, 6.45) is 0. The van der Waals surface area contributed by atoms with Crippen molar-refractivity contribution in [3.8, 4) is 5.75 Å². The van der Waals surface area contributed by atoms with Gasteiger partial charge in [-0.05, 0) is 53.1 Å². The molecule has 0 bridgehead atoms. The molecule has 0 spiro atoms. The maximum absolute atomic E-state index is 12.8. The molecule has 0 amide bonds. The Morgan fingerprint density at radius 3 is 2.23 bits per heavy atom. The summed E-state index contributed by atoms with van der Waals surface area (Å²) in [5.74, 6) is 0.0106. The first-order chi connectivity index (χ1) is 17.0. The predicted molar refractivity (Wildman–Crippen MR) is 141 cm³/mol. The molecular formula is C29H23ClN2O3. The van der Waals surface area contributed by atoms with Crippen LogP contribution in [0.15, 0.2) is 107 Å². The van der Waals surface area contributed by atoms with Gasteiger partial charge in [-0.3, -0.25) is 14.9 Å². The monoisotopic (exact) mass is 482 g/mol. The summed E-state index contributed by atoms with van der Waals surface area (Å²) >= 11 is 6.12. The Morgan fingerprint density at radius 1 is 0.771 bits per heavy atom. The number of halogens is 1. The SMILES string of the molecule is C[C@@H](NC(c1ccc(Cl)cc1)c1c(ONc2ccccc2)c(=O)c1=O)c1cccc2ccccc12. The van der Waals surface area contributed by atoms with Crippen LogP contribution in [0.4, 0.5) is 5.69 Å². The molecule has 5 rings (SSSR count). The summed E-state index contributed by atoms with van der Waals surface area (Å²) < 4.78 is 0. The number of hydrogen-bond donors (Lipinski definition) is 2. The van der Waals surface area contributed by atoms with Gasteiger partial charge in [0.1, 0.15) is 0 Å². The number of benzene rings is 4. The molecule has 0 aromatic heterocycles. The summed E-state index contributed by atoms with van der Waals surface area (Å²) in [7, 11) is 0. The molecule has 2 atom stereocenters. The van der Waals surface area contributed by atoms with Gasteiger partial charge in [0.25, 0.3) is 5.43 Å². The van der Waals surface area contributed by atoms with E-state index in [2.05, 4.69) is 35.1 Å². The van der Waals surface area contributed by atoms with Crippen LogP contribution in [0.2, 0.25) is 5.02 Å². The fraction of sp³-hybridized carbons (Fsp3) is 0.103. The zero-order valence-corrected chi connectivity index (χ0v) is 19.8. The lowest BCUT2D eigenvalue weighted by Gasteiger charge is -2.27. The van der Waals surface area contributed by atoms with Gasteiger partial charge < -0.3 is 4.84 Å². The van der Waals surface area contributed by atoms with Crippen molar-refractivity contribution < 1.29 is 4.84 Å². The van der Waals surface area contributed by atoms with E-state index < -0.39 is 16.9 Å². The maximum atomic E-state index is 12.8. The molecule has 0 saturated carbocycles. The summed E-state index contributed by atoms with van der Waals surface area (Å²) in [6.45, 7) is 2.04. The molecule has 174 valence electrons. The van der Waals surface area contributed by atoms with Gasteiger partial charge in [0.05, 0.1) is 17.3 Å². The number of para-hydroxylation sites is 1. The summed E-state index contributed by atoms with van der Waals surface area (Å²) in [5, 5.41) is 6.40. The smallest absolute Gasteiger partial charge is 0.271 e. The van der Waals surface area contributed by atoms with E-state index in [1.54, 1.807) is 12.1 Å². The van der Waals surface area contributed by atoms with E-state index in [1.807, 2.05) is 67.6 Å². The summed E-state index contributed by atoms with van der Waals surface area (Å²) in [6, 6.07) is 30.0. The molecule has 35 heavy (non-hydrogen) atoms. The molecule has 0 heterocycles. The van der Waals surface area contributed by atoms with Crippen LogP contribution in [0.3, 0.4) is 0 Å². The van der Waals surface area contributed by atoms with E-state index in [-0.39, 0.29) is 17.4 Å². The van der Waals surface area contributed by atoms with Crippen molar-refractivity contribution in [3.05, 3.63) is 139 Å². The van der Waals surface area contributed by atoms with Crippen LogP contribution < -0.4 is 26.5 Å². The van der Waals surface area contributed by atoms with Gasteiger partial charge in [-0.1, -0.05) is 84.4 Å². The highest BCUT2D eigenvalue weighted by molar-refractivity contribution is 6.30. The van der Waals surface area contributed by atoms with Crippen molar-refractivity contribution in [3.63, 3.8) is 0 Å². The van der Waals surface area contributed by atoms with Crippen molar-refractivity contribution in [1.82, 2.24) is 5.32 Å². The second kappa shape index (κ2) is 9.74. The minimum absolute atomic E-state index is 0.0106. The van der Waals surface area contributed by atoms with Crippen LogP contribution in [0.5, 0.6) is 5.75 Å². The highest BCUT2D eigenvalue weighted by Crippen LogP contribution is 2.32. The Morgan fingerprint density at radius 2 is 1.46 bits per heavy atom. The van der Waals surface area contributed by atoms with Gasteiger partial charge in [0.2, 0.25) is 11.2 Å². The zero-order chi connectivity index (χ0) is 24.4. The lowest BCUT2D eigenvalue weighted by molar-refractivity contribution is 0.380. The van der Waals surface area contributed by atoms with Crippen molar-refractivity contribution in [2.75, 3.05) is 5.48 Å². The number of rotatable bonds is 8. The van der Waals surface area contributed by atoms with E-state index in [1.165, 1.54) is 0 Å². The number of anilines is 1. The average Bonchev–Trinajstić information content (AvgIpc) is 2.90. The topological polar surface area (TPSA) is 67.4 Å². The fourth-order valence-electron chi connectivity index (χ4n) is 4.34. The van der Waals surface area contributed by atoms with Gasteiger partial charge in [-0.15, -0.1) is 0 Å². The predicted octanol–water partition coefficient (Wildman–Crippen LogP) is 5.94. The quantitative estimate of drug-likeness (QED) is 0.212. The third-order valence-corrected chi connectivity index (χ3v) is 6.40. The van der Waals surface area contributed by atoms with Crippen LogP contribution in [0.25, 0.3) is 10.8 Å². The van der Waals surface area contributed by atoms with Crippen LogP contribution in [0, 0.1) is 0 Å². The summed E-state index contributed by atoms with van der Waals surface area (Å²) in [4.78, 5) is 30.9. The molecule has 5 aromatic carbocycles. The molecule has 5 aromatic rings. The second-order valence-corrected chi connectivity index (χ2v) is 8.85. The molecule has 0 aliphatic heterocycles. The molecule has 1 unspecified atom stereocenters. The lowest BCUT2D eigenvalue weighted by atomic mass is 9.92. The molecule has 0 saturated heterocycles. The van der Waals surface area contributed by atoms with Crippen LogP contribution in [0.1, 0.15) is 35.7 Å². The van der Waals surface area contributed by atoms with Crippen LogP contribution >= 0.6 is 11.6 Å². The Labute approximate surface area is 207 Å². The maximum Gasteiger partial charge on any atom is 0.271 e. The molecule has 5 nitrogen and oxygen atoms in total. The van der Waals surface area contributed by atoms with E-state index in [4.69, 9.17) is 16.4 Å². The molecule has 0 fully saturated rings. The molecule has 0 radical (unpaired) electrons. The van der Waals surface area contributed by atoms with Crippen LogP contribution in [-0.2, 0) is 0 Å². The molecule has 0 aliphatic carbocycles. The Kier molecular flexibility index (Phi) is 6.36. The average molecular weight is 483 g/mol. The third-order valence-electron chi connectivity index (χ3n) is 6.14. The van der Waals surface area contributed by atoms with E-state index in [9.17, 15) is 9.59 Å². The third kappa shape index (κ3) is 4.56. The lowest BCUT2D eigenvalue weighted by Crippen LogP contribution is -2.43. The molecule has 0 aliphatic rings. The minimum atomic E-state index is -0.651. The van der Waals surface area contributed by atoms with E-state index in [0.717, 1.165) is 21.9 Å². The van der Waals surface area contributed by atoms with Crippen molar-refractivity contribution in [2.24, 2.45) is 0 Å². The molecule has 6 heteroatoms. The van der Waals surface area contributed by atoms with Crippen LogP contribution in [-0.4, -0.2) is 0 Å². The second-order valence-electron chi connectivity index (χ2n) is 8.41. The molecule has 2 N–H and O–H groups in total. The minimum Gasteiger partial charge on any atom is -0.377 e. The Balaban J connectivity index is 1.51. The van der Waals surface area contributed by atoms with E-state index >= 15 is 0 Å². The first-order valence-corrected chi connectivity index (χ1v) is 11.7. The number of nitrogens with one attached hydrogen (secondary N) is 2.